The van der Waals surface area contributed by atoms with Crippen molar-refractivity contribution < 1.29 is 0 Å². The summed E-state index contributed by atoms with van der Waals surface area (Å²) in [5.41, 5.74) is 2.96. The summed E-state index contributed by atoms with van der Waals surface area (Å²) < 4.78 is 2.11. The number of nitrogens with zero attached hydrogens (tertiary/aromatic N) is 2. The lowest BCUT2D eigenvalue weighted by molar-refractivity contribution is 0.452. The summed E-state index contributed by atoms with van der Waals surface area (Å²) >= 11 is 1.90. The molecule has 3 atom stereocenters. The fourth-order valence-electron chi connectivity index (χ4n) is 3.23. The first-order chi connectivity index (χ1) is 10.2. The predicted molar refractivity (Wildman–Crippen MR) is 88.7 cm³/mol. The first-order valence-electron chi connectivity index (χ1n) is 7.67. The molecular weight excluding hydrogens is 278 g/mol. The molecule has 112 valence electrons. The molecule has 3 unspecified atom stereocenters. The van der Waals surface area contributed by atoms with Crippen molar-refractivity contribution in [1.82, 2.24) is 14.9 Å². The Labute approximate surface area is 131 Å². The molecule has 1 aliphatic carbocycles. The van der Waals surface area contributed by atoms with Crippen LogP contribution >= 0.6 is 11.8 Å². The van der Waals surface area contributed by atoms with E-state index in [1.807, 2.05) is 24.2 Å². The van der Waals surface area contributed by atoms with Gasteiger partial charge in [-0.3, -0.25) is 0 Å². The minimum Gasteiger partial charge on any atom is -0.329 e. The predicted octanol–water partition coefficient (Wildman–Crippen LogP) is 3.74. The van der Waals surface area contributed by atoms with Crippen molar-refractivity contribution in [3.63, 3.8) is 0 Å². The van der Waals surface area contributed by atoms with Crippen molar-refractivity contribution in [1.29, 1.82) is 0 Å². The standard InChI is InChI=1S/C17H23N3S/c1-4-18-16-14-8-6-5-7-13(14)12(2)11-15(16)21-17-19-9-10-20(17)3/h5-10,12,15-16,18H,4,11H2,1-3H3. The topological polar surface area (TPSA) is 29.9 Å². The summed E-state index contributed by atoms with van der Waals surface area (Å²) in [5.74, 6) is 0.605. The van der Waals surface area contributed by atoms with Gasteiger partial charge < -0.3 is 9.88 Å². The van der Waals surface area contributed by atoms with Crippen molar-refractivity contribution in [2.24, 2.45) is 7.05 Å². The Morgan fingerprint density at radius 2 is 2.10 bits per heavy atom. The first kappa shape index (κ1) is 14.7. The van der Waals surface area contributed by atoms with Crippen LogP contribution in [0.2, 0.25) is 0 Å². The normalized spacial score (nSPS) is 24.8. The molecule has 3 rings (SSSR count). The van der Waals surface area contributed by atoms with E-state index in [1.54, 1.807) is 0 Å². The molecule has 0 fully saturated rings. The Balaban J connectivity index is 1.92. The zero-order valence-electron chi connectivity index (χ0n) is 12.9. The van der Waals surface area contributed by atoms with Crippen LogP contribution in [0.3, 0.4) is 0 Å². The number of aryl methyl sites for hydroxylation is 1. The summed E-state index contributed by atoms with van der Waals surface area (Å²) in [5, 5.41) is 5.32. The summed E-state index contributed by atoms with van der Waals surface area (Å²) in [6, 6.07) is 9.29. The lowest BCUT2D eigenvalue weighted by Gasteiger charge is -2.36. The van der Waals surface area contributed by atoms with E-state index in [2.05, 4.69) is 60.0 Å². The maximum Gasteiger partial charge on any atom is 0.168 e. The van der Waals surface area contributed by atoms with Gasteiger partial charge in [-0.05, 0) is 30.0 Å². The molecule has 4 heteroatoms. The minimum atomic E-state index is 0.407. The van der Waals surface area contributed by atoms with Crippen LogP contribution < -0.4 is 5.32 Å². The highest BCUT2D eigenvalue weighted by atomic mass is 32.2. The number of aromatic nitrogens is 2. The third kappa shape index (κ3) is 2.87. The van der Waals surface area contributed by atoms with Crippen LogP contribution in [0.1, 0.15) is 43.4 Å². The van der Waals surface area contributed by atoms with Gasteiger partial charge in [-0.2, -0.15) is 0 Å². The molecule has 1 heterocycles. The molecule has 0 radical (unpaired) electrons. The zero-order valence-corrected chi connectivity index (χ0v) is 13.7. The second kappa shape index (κ2) is 6.24. The smallest absolute Gasteiger partial charge is 0.168 e. The minimum absolute atomic E-state index is 0.407. The number of hydrogen-bond donors (Lipinski definition) is 1. The molecule has 21 heavy (non-hydrogen) atoms. The molecule has 1 N–H and O–H groups in total. The second-order valence-electron chi connectivity index (χ2n) is 5.78. The van der Waals surface area contributed by atoms with E-state index in [-0.39, 0.29) is 0 Å². The van der Waals surface area contributed by atoms with Gasteiger partial charge in [0.05, 0.1) is 0 Å². The quantitative estimate of drug-likeness (QED) is 0.933. The summed E-state index contributed by atoms with van der Waals surface area (Å²) in [6.45, 7) is 5.52. The van der Waals surface area contributed by atoms with E-state index < -0.39 is 0 Å². The second-order valence-corrected chi connectivity index (χ2v) is 6.98. The van der Waals surface area contributed by atoms with Gasteiger partial charge in [-0.25, -0.2) is 4.98 Å². The van der Waals surface area contributed by atoms with Crippen LogP contribution in [-0.2, 0) is 7.05 Å². The molecular formula is C17H23N3S. The van der Waals surface area contributed by atoms with Crippen LogP contribution in [0.4, 0.5) is 0 Å². The van der Waals surface area contributed by atoms with Crippen molar-refractivity contribution >= 4 is 11.8 Å². The van der Waals surface area contributed by atoms with E-state index in [0.717, 1.165) is 11.7 Å². The first-order valence-corrected chi connectivity index (χ1v) is 8.54. The van der Waals surface area contributed by atoms with Gasteiger partial charge in [-0.15, -0.1) is 0 Å². The Bertz CT molecular complexity index is 608. The fourth-order valence-corrected chi connectivity index (χ4v) is 4.62. The van der Waals surface area contributed by atoms with Crippen LogP contribution in [-0.4, -0.2) is 21.3 Å². The SMILES string of the molecule is CCNC1c2ccccc2C(C)CC1Sc1nccn1C. The van der Waals surface area contributed by atoms with Crippen LogP contribution in [0.5, 0.6) is 0 Å². The van der Waals surface area contributed by atoms with Crippen LogP contribution in [0.15, 0.2) is 41.8 Å². The number of rotatable bonds is 4. The number of hydrogen-bond acceptors (Lipinski definition) is 3. The van der Waals surface area contributed by atoms with E-state index in [1.165, 1.54) is 17.5 Å². The lowest BCUT2D eigenvalue weighted by Crippen LogP contribution is -2.35. The van der Waals surface area contributed by atoms with Crippen molar-refractivity contribution in [2.45, 2.75) is 42.6 Å². The largest absolute Gasteiger partial charge is 0.329 e. The number of imidazole rings is 1. The summed E-state index contributed by atoms with van der Waals surface area (Å²) in [6.07, 6.45) is 5.09. The van der Waals surface area contributed by atoms with Crippen molar-refractivity contribution in [3.8, 4) is 0 Å². The molecule has 0 spiro atoms. The third-order valence-electron chi connectivity index (χ3n) is 4.28. The molecule has 1 aliphatic rings. The summed E-state index contributed by atoms with van der Waals surface area (Å²) in [4.78, 5) is 4.48. The van der Waals surface area contributed by atoms with Gasteiger partial charge in [-0.1, -0.05) is 49.9 Å². The van der Waals surface area contributed by atoms with Gasteiger partial charge in [0.2, 0.25) is 0 Å². The van der Waals surface area contributed by atoms with E-state index in [0.29, 0.717) is 17.2 Å². The third-order valence-corrected chi connectivity index (χ3v) is 5.65. The van der Waals surface area contributed by atoms with Gasteiger partial charge in [0.25, 0.3) is 0 Å². The molecule has 1 aromatic carbocycles. The van der Waals surface area contributed by atoms with Gasteiger partial charge in [0, 0.05) is 30.7 Å². The van der Waals surface area contributed by atoms with Gasteiger partial charge in [0.1, 0.15) is 0 Å². The average molecular weight is 301 g/mol. The molecule has 0 saturated carbocycles. The highest BCUT2D eigenvalue weighted by Gasteiger charge is 2.33. The molecule has 3 nitrogen and oxygen atoms in total. The lowest BCUT2D eigenvalue weighted by atomic mass is 9.80. The Hall–Kier alpha value is -1.26. The molecule has 0 saturated heterocycles. The molecule has 1 aromatic heterocycles. The number of nitrogens with one attached hydrogen (secondary N) is 1. The van der Waals surface area contributed by atoms with E-state index in [4.69, 9.17) is 0 Å². The number of thioether (sulfide) groups is 1. The molecule has 0 amide bonds. The maximum atomic E-state index is 4.48. The monoisotopic (exact) mass is 301 g/mol. The maximum absolute atomic E-state index is 4.48. The molecule has 2 aromatic rings. The number of benzene rings is 1. The highest BCUT2D eigenvalue weighted by molar-refractivity contribution is 7.99. The van der Waals surface area contributed by atoms with Crippen LogP contribution in [0.25, 0.3) is 0 Å². The Morgan fingerprint density at radius 3 is 2.76 bits per heavy atom. The average Bonchev–Trinajstić information content (AvgIpc) is 2.89. The van der Waals surface area contributed by atoms with E-state index in [9.17, 15) is 0 Å². The van der Waals surface area contributed by atoms with Gasteiger partial charge in [0.15, 0.2) is 5.16 Å². The van der Waals surface area contributed by atoms with E-state index >= 15 is 0 Å². The molecule has 0 aliphatic heterocycles. The van der Waals surface area contributed by atoms with Crippen molar-refractivity contribution in [2.75, 3.05) is 6.54 Å². The zero-order chi connectivity index (χ0) is 14.8. The number of fused-ring (bicyclic) bond motifs is 1. The highest BCUT2D eigenvalue weighted by Crippen LogP contribution is 2.44. The van der Waals surface area contributed by atoms with Gasteiger partial charge >= 0.3 is 0 Å². The Morgan fingerprint density at radius 1 is 1.33 bits per heavy atom. The molecule has 0 bridgehead atoms. The fraction of sp³-hybridized carbons (Fsp3) is 0.471. The Kier molecular flexibility index (Phi) is 4.36. The summed E-state index contributed by atoms with van der Waals surface area (Å²) in [7, 11) is 2.07. The van der Waals surface area contributed by atoms with Crippen LogP contribution in [0, 0.1) is 0 Å². The van der Waals surface area contributed by atoms with Crippen molar-refractivity contribution in [3.05, 3.63) is 47.8 Å².